The maximum atomic E-state index is 10.1. The smallest absolute Gasteiger partial charge is 0.120 e. The third-order valence-corrected chi connectivity index (χ3v) is 2.01. The first-order valence-electron chi connectivity index (χ1n) is 4.06. The van der Waals surface area contributed by atoms with E-state index < -0.39 is 0 Å². The van der Waals surface area contributed by atoms with Crippen LogP contribution in [0.15, 0.2) is 0 Å². The summed E-state index contributed by atoms with van der Waals surface area (Å²) in [5.41, 5.74) is 0. The topological polar surface area (TPSA) is 40.5 Å². The van der Waals surface area contributed by atoms with Gasteiger partial charge in [0.15, 0.2) is 0 Å². The minimum atomic E-state index is -0.126. The molecule has 1 heterocycles. The second kappa shape index (κ2) is 3.83. The van der Waals surface area contributed by atoms with Crippen LogP contribution in [-0.4, -0.2) is 42.0 Å². The molecule has 0 radical (unpaired) electrons. The van der Waals surface area contributed by atoms with Gasteiger partial charge >= 0.3 is 0 Å². The number of carbonyl (C=O) groups excluding carboxylic acids is 1. The van der Waals surface area contributed by atoms with Crippen molar-refractivity contribution >= 4 is 6.29 Å². The van der Waals surface area contributed by atoms with Gasteiger partial charge in [0.1, 0.15) is 6.29 Å². The third-order valence-electron chi connectivity index (χ3n) is 2.01. The normalized spacial score (nSPS) is 22.7. The molecule has 0 aliphatic carbocycles. The van der Waals surface area contributed by atoms with Crippen molar-refractivity contribution in [2.45, 2.75) is 19.4 Å². The standard InChI is InChI=1S/C8H15NO2/c1-7(2-3-10)4-9-5-8(11)6-9/h3,7-8,11H,2,4-6H2,1H3. The fourth-order valence-electron chi connectivity index (χ4n) is 1.37. The molecule has 1 fully saturated rings. The van der Waals surface area contributed by atoms with E-state index in [2.05, 4.69) is 11.8 Å². The number of β-amino-alcohol motifs (C(OH)–C–C–N with tert-alkyl or cyclic N) is 1. The first-order valence-corrected chi connectivity index (χ1v) is 4.06. The van der Waals surface area contributed by atoms with Crippen molar-refractivity contribution < 1.29 is 9.90 Å². The second-order valence-electron chi connectivity index (χ2n) is 3.38. The minimum Gasteiger partial charge on any atom is -0.390 e. The molecule has 3 heteroatoms. The Bertz CT molecular complexity index is 132. The van der Waals surface area contributed by atoms with Crippen LogP contribution in [0.5, 0.6) is 0 Å². The SMILES string of the molecule is CC(CC=O)CN1CC(O)C1. The summed E-state index contributed by atoms with van der Waals surface area (Å²) in [5, 5.41) is 8.95. The van der Waals surface area contributed by atoms with E-state index in [1.54, 1.807) is 0 Å². The maximum absolute atomic E-state index is 10.1. The highest BCUT2D eigenvalue weighted by Crippen LogP contribution is 2.11. The van der Waals surface area contributed by atoms with Crippen molar-refractivity contribution in [1.29, 1.82) is 0 Å². The zero-order chi connectivity index (χ0) is 8.27. The highest BCUT2D eigenvalue weighted by atomic mass is 16.3. The van der Waals surface area contributed by atoms with Gasteiger partial charge in [-0.25, -0.2) is 0 Å². The maximum Gasteiger partial charge on any atom is 0.120 e. The molecular formula is C8H15NO2. The lowest BCUT2D eigenvalue weighted by molar-refractivity contribution is -0.108. The highest BCUT2D eigenvalue weighted by Gasteiger charge is 2.24. The Morgan fingerprint density at radius 1 is 1.73 bits per heavy atom. The van der Waals surface area contributed by atoms with Crippen molar-refractivity contribution in [3.8, 4) is 0 Å². The lowest BCUT2D eigenvalue weighted by Gasteiger charge is -2.37. The van der Waals surface area contributed by atoms with E-state index in [1.165, 1.54) is 0 Å². The molecule has 0 amide bonds. The van der Waals surface area contributed by atoms with Crippen molar-refractivity contribution in [2.24, 2.45) is 5.92 Å². The summed E-state index contributed by atoms with van der Waals surface area (Å²) in [6.45, 7) is 4.56. The van der Waals surface area contributed by atoms with E-state index >= 15 is 0 Å². The molecule has 1 unspecified atom stereocenters. The molecule has 0 aromatic carbocycles. The van der Waals surface area contributed by atoms with Crippen LogP contribution in [0.3, 0.4) is 0 Å². The number of aldehydes is 1. The van der Waals surface area contributed by atoms with Gasteiger partial charge in [-0.3, -0.25) is 4.90 Å². The molecule has 11 heavy (non-hydrogen) atoms. The van der Waals surface area contributed by atoms with Crippen LogP contribution in [0.4, 0.5) is 0 Å². The van der Waals surface area contributed by atoms with E-state index in [0.29, 0.717) is 12.3 Å². The number of carbonyl (C=O) groups is 1. The molecule has 0 aromatic heterocycles. The molecule has 1 atom stereocenters. The van der Waals surface area contributed by atoms with Gasteiger partial charge in [-0.1, -0.05) is 6.92 Å². The number of nitrogens with zero attached hydrogens (tertiary/aromatic N) is 1. The molecule has 1 N–H and O–H groups in total. The number of likely N-dealkylation sites (tertiary alicyclic amines) is 1. The number of aliphatic hydroxyl groups excluding tert-OH is 1. The number of hydrogen-bond donors (Lipinski definition) is 1. The van der Waals surface area contributed by atoms with Gasteiger partial charge in [-0.05, 0) is 5.92 Å². The van der Waals surface area contributed by atoms with Gasteiger partial charge < -0.3 is 9.90 Å². The van der Waals surface area contributed by atoms with Crippen LogP contribution < -0.4 is 0 Å². The van der Waals surface area contributed by atoms with E-state index in [-0.39, 0.29) is 6.10 Å². The Morgan fingerprint density at radius 3 is 2.82 bits per heavy atom. The van der Waals surface area contributed by atoms with E-state index in [9.17, 15) is 4.79 Å². The van der Waals surface area contributed by atoms with Crippen LogP contribution in [0.25, 0.3) is 0 Å². The van der Waals surface area contributed by atoms with Crippen LogP contribution in [-0.2, 0) is 4.79 Å². The first kappa shape index (κ1) is 8.68. The molecule has 1 rings (SSSR count). The van der Waals surface area contributed by atoms with Crippen molar-refractivity contribution in [1.82, 2.24) is 4.90 Å². The zero-order valence-electron chi connectivity index (χ0n) is 6.86. The van der Waals surface area contributed by atoms with E-state index in [1.807, 2.05) is 0 Å². The highest BCUT2D eigenvalue weighted by molar-refractivity contribution is 5.49. The number of rotatable bonds is 4. The quantitative estimate of drug-likeness (QED) is 0.579. The lowest BCUT2D eigenvalue weighted by atomic mass is 10.1. The van der Waals surface area contributed by atoms with E-state index in [4.69, 9.17) is 5.11 Å². The minimum absolute atomic E-state index is 0.126. The van der Waals surface area contributed by atoms with Crippen molar-refractivity contribution in [2.75, 3.05) is 19.6 Å². The summed E-state index contributed by atoms with van der Waals surface area (Å²) in [7, 11) is 0. The van der Waals surface area contributed by atoms with Crippen molar-refractivity contribution in [3.63, 3.8) is 0 Å². The molecule has 64 valence electrons. The Hall–Kier alpha value is -0.410. The van der Waals surface area contributed by atoms with Crippen molar-refractivity contribution in [3.05, 3.63) is 0 Å². The second-order valence-corrected chi connectivity index (χ2v) is 3.38. The van der Waals surface area contributed by atoms with Crippen LogP contribution in [0, 0.1) is 5.92 Å². The van der Waals surface area contributed by atoms with Gasteiger partial charge in [0, 0.05) is 26.1 Å². The molecule has 0 spiro atoms. The van der Waals surface area contributed by atoms with Gasteiger partial charge in [-0.2, -0.15) is 0 Å². The molecule has 3 nitrogen and oxygen atoms in total. The molecule has 0 saturated carbocycles. The summed E-state index contributed by atoms with van der Waals surface area (Å²) in [5.74, 6) is 0.431. The summed E-state index contributed by atoms with van der Waals surface area (Å²) in [6.07, 6.45) is 1.46. The first-order chi connectivity index (χ1) is 5.22. The van der Waals surface area contributed by atoms with Gasteiger partial charge in [-0.15, -0.1) is 0 Å². The van der Waals surface area contributed by atoms with Crippen LogP contribution >= 0.6 is 0 Å². The molecule has 0 aromatic rings. The fraction of sp³-hybridized carbons (Fsp3) is 0.875. The van der Waals surface area contributed by atoms with Gasteiger partial charge in [0.25, 0.3) is 0 Å². The largest absolute Gasteiger partial charge is 0.390 e. The fourth-order valence-corrected chi connectivity index (χ4v) is 1.37. The molecule has 1 saturated heterocycles. The average molecular weight is 157 g/mol. The third kappa shape index (κ3) is 2.60. The van der Waals surface area contributed by atoms with Crippen LogP contribution in [0.2, 0.25) is 0 Å². The van der Waals surface area contributed by atoms with Crippen LogP contribution in [0.1, 0.15) is 13.3 Å². The Balaban J connectivity index is 2.06. The molecule has 1 aliphatic rings. The average Bonchev–Trinajstić information content (AvgIpc) is 1.85. The molecular weight excluding hydrogens is 142 g/mol. The predicted molar refractivity (Wildman–Crippen MR) is 42.3 cm³/mol. The monoisotopic (exact) mass is 157 g/mol. The number of hydrogen-bond acceptors (Lipinski definition) is 3. The van der Waals surface area contributed by atoms with Gasteiger partial charge in [0.2, 0.25) is 0 Å². The molecule has 0 bridgehead atoms. The summed E-state index contributed by atoms with van der Waals surface area (Å²) in [6, 6.07) is 0. The summed E-state index contributed by atoms with van der Waals surface area (Å²) in [4.78, 5) is 12.3. The Kier molecular flexibility index (Phi) is 3.02. The zero-order valence-corrected chi connectivity index (χ0v) is 6.86. The predicted octanol–water partition coefficient (Wildman–Crippen LogP) is -0.112. The molecule has 1 aliphatic heterocycles. The Labute approximate surface area is 67.0 Å². The summed E-state index contributed by atoms with van der Waals surface area (Å²) >= 11 is 0. The summed E-state index contributed by atoms with van der Waals surface area (Å²) < 4.78 is 0. The number of aliphatic hydroxyl groups is 1. The Morgan fingerprint density at radius 2 is 2.36 bits per heavy atom. The van der Waals surface area contributed by atoms with E-state index in [0.717, 1.165) is 25.9 Å². The lowest BCUT2D eigenvalue weighted by Crippen LogP contribution is -2.51. The van der Waals surface area contributed by atoms with Gasteiger partial charge in [0.05, 0.1) is 6.10 Å².